The number of hydrogen-bond acceptors (Lipinski definition) is 3. The van der Waals surface area contributed by atoms with Gasteiger partial charge in [-0.3, -0.25) is 4.79 Å². The van der Waals surface area contributed by atoms with Crippen LogP contribution >= 0.6 is 0 Å². The van der Waals surface area contributed by atoms with Gasteiger partial charge in [-0.25, -0.2) is 0 Å². The van der Waals surface area contributed by atoms with Crippen molar-refractivity contribution < 1.29 is 9.53 Å². The van der Waals surface area contributed by atoms with E-state index >= 15 is 0 Å². The van der Waals surface area contributed by atoms with Gasteiger partial charge < -0.3 is 15.4 Å². The van der Waals surface area contributed by atoms with Crippen LogP contribution in [0.4, 0.5) is 11.4 Å². The first-order valence-corrected chi connectivity index (χ1v) is 9.48. The van der Waals surface area contributed by atoms with Gasteiger partial charge in [0.15, 0.2) is 0 Å². The zero-order chi connectivity index (χ0) is 19.8. The maximum absolute atomic E-state index is 12.2. The van der Waals surface area contributed by atoms with Crippen molar-refractivity contribution >= 4 is 17.3 Å². The molecule has 0 heterocycles. The SMILES string of the molecule is COc1cccc(CCC(=O)Nc2ccc(NC(C)c3ccccc3)cc2)c1. The van der Waals surface area contributed by atoms with Crippen molar-refractivity contribution in [3.8, 4) is 5.75 Å². The molecule has 0 radical (unpaired) electrons. The summed E-state index contributed by atoms with van der Waals surface area (Å²) in [7, 11) is 1.64. The minimum Gasteiger partial charge on any atom is -0.497 e. The Morgan fingerprint density at radius 3 is 2.36 bits per heavy atom. The van der Waals surface area contributed by atoms with E-state index in [-0.39, 0.29) is 11.9 Å². The van der Waals surface area contributed by atoms with Crippen molar-refractivity contribution in [2.75, 3.05) is 17.7 Å². The normalized spacial score (nSPS) is 11.5. The molecule has 3 rings (SSSR count). The standard InChI is InChI=1S/C24H26N2O2/c1-18(20-8-4-3-5-9-20)25-21-12-14-22(15-13-21)26-24(27)16-11-19-7-6-10-23(17-19)28-2/h3-10,12-15,17-18,25H,11,16H2,1-2H3,(H,26,27). The highest BCUT2D eigenvalue weighted by Crippen LogP contribution is 2.21. The van der Waals surface area contributed by atoms with Crippen molar-refractivity contribution in [2.45, 2.75) is 25.8 Å². The smallest absolute Gasteiger partial charge is 0.224 e. The molecule has 28 heavy (non-hydrogen) atoms. The monoisotopic (exact) mass is 374 g/mol. The third-order valence-electron chi connectivity index (χ3n) is 4.63. The molecule has 0 bridgehead atoms. The minimum absolute atomic E-state index is 0.00110. The first-order valence-electron chi connectivity index (χ1n) is 9.48. The van der Waals surface area contributed by atoms with Crippen molar-refractivity contribution in [2.24, 2.45) is 0 Å². The molecule has 0 saturated heterocycles. The van der Waals surface area contributed by atoms with Gasteiger partial charge in [-0.05, 0) is 60.9 Å². The van der Waals surface area contributed by atoms with Crippen molar-refractivity contribution in [3.05, 3.63) is 90.0 Å². The number of nitrogens with one attached hydrogen (secondary N) is 2. The van der Waals surface area contributed by atoms with Gasteiger partial charge in [-0.2, -0.15) is 0 Å². The molecule has 2 N–H and O–H groups in total. The molecule has 0 aliphatic carbocycles. The number of carbonyl (C=O) groups is 1. The summed E-state index contributed by atoms with van der Waals surface area (Å²) in [5.74, 6) is 0.812. The lowest BCUT2D eigenvalue weighted by Gasteiger charge is -2.16. The summed E-state index contributed by atoms with van der Waals surface area (Å²) in [6, 6.07) is 26.1. The summed E-state index contributed by atoms with van der Waals surface area (Å²) in [6.45, 7) is 2.13. The predicted molar refractivity (Wildman–Crippen MR) is 115 cm³/mol. The van der Waals surface area contributed by atoms with Crippen molar-refractivity contribution in [3.63, 3.8) is 0 Å². The zero-order valence-corrected chi connectivity index (χ0v) is 16.3. The van der Waals surface area contributed by atoms with Gasteiger partial charge in [-0.1, -0.05) is 42.5 Å². The minimum atomic E-state index is 0.00110. The lowest BCUT2D eigenvalue weighted by molar-refractivity contribution is -0.116. The number of rotatable bonds is 8. The topological polar surface area (TPSA) is 50.4 Å². The second-order valence-electron chi connectivity index (χ2n) is 6.75. The molecule has 1 amide bonds. The van der Waals surface area contributed by atoms with E-state index < -0.39 is 0 Å². The number of amides is 1. The fourth-order valence-electron chi connectivity index (χ4n) is 3.03. The van der Waals surface area contributed by atoms with Crippen LogP contribution in [0, 0.1) is 0 Å². The quantitative estimate of drug-likeness (QED) is 0.552. The van der Waals surface area contributed by atoms with E-state index in [4.69, 9.17) is 4.74 Å². The first-order chi connectivity index (χ1) is 13.6. The Morgan fingerprint density at radius 2 is 1.64 bits per heavy atom. The summed E-state index contributed by atoms with van der Waals surface area (Å²) in [5, 5.41) is 6.43. The lowest BCUT2D eigenvalue weighted by atomic mass is 10.1. The van der Waals surface area contributed by atoms with Crippen LogP contribution in [0.15, 0.2) is 78.9 Å². The second-order valence-corrected chi connectivity index (χ2v) is 6.75. The Morgan fingerprint density at radius 1 is 0.929 bits per heavy atom. The number of methoxy groups -OCH3 is 1. The number of hydrogen-bond donors (Lipinski definition) is 2. The maximum Gasteiger partial charge on any atom is 0.224 e. The number of anilines is 2. The van der Waals surface area contributed by atoms with Crippen LogP contribution in [-0.4, -0.2) is 13.0 Å². The fourth-order valence-corrected chi connectivity index (χ4v) is 3.03. The lowest BCUT2D eigenvalue weighted by Crippen LogP contribution is -2.12. The van der Waals surface area contributed by atoms with Crippen LogP contribution in [0.5, 0.6) is 5.75 Å². The molecule has 0 aliphatic rings. The third kappa shape index (κ3) is 5.61. The predicted octanol–water partition coefficient (Wildman–Crippen LogP) is 5.44. The van der Waals surface area contributed by atoms with Crippen molar-refractivity contribution in [1.29, 1.82) is 0 Å². The van der Waals surface area contributed by atoms with Crippen LogP contribution < -0.4 is 15.4 Å². The van der Waals surface area contributed by atoms with E-state index in [0.29, 0.717) is 12.8 Å². The number of carbonyl (C=O) groups excluding carboxylic acids is 1. The van der Waals surface area contributed by atoms with Gasteiger partial charge in [0, 0.05) is 23.8 Å². The van der Waals surface area contributed by atoms with Crippen LogP contribution in [0.2, 0.25) is 0 Å². The maximum atomic E-state index is 12.2. The Balaban J connectivity index is 1.50. The highest BCUT2D eigenvalue weighted by Gasteiger charge is 2.06. The fraction of sp³-hybridized carbons (Fsp3) is 0.208. The zero-order valence-electron chi connectivity index (χ0n) is 16.3. The summed E-state index contributed by atoms with van der Waals surface area (Å²) in [4.78, 5) is 12.2. The van der Waals surface area contributed by atoms with E-state index in [1.807, 2.05) is 66.7 Å². The van der Waals surface area contributed by atoms with E-state index in [1.54, 1.807) is 7.11 Å². The summed E-state index contributed by atoms with van der Waals surface area (Å²) in [5.41, 5.74) is 4.14. The Hall–Kier alpha value is -3.27. The number of ether oxygens (including phenoxy) is 1. The molecule has 3 aromatic carbocycles. The molecule has 1 unspecified atom stereocenters. The Kier molecular flexibility index (Phi) is 6.68. The van der Waals surface area contributed by atoms with E-state index in [1.165, 1.54) is 5.56 Å². The molecule has 0 saturated carbocycles. The van der Waals surface area contributed by atoms with E-state index in [9.17, 15) is 4.79 Å². The second kappa shape index (κ2) is 9.60. The molecule has 3 aromatic rings. The largest absolute Gasteiger partial charge is 0.497 e. The Bertz CT molecular complexity index is 892. The van der Waals surface area contributed by atoms with Crippen LogP contribution in [0.25, 0.3) is 0 Å². The van der Waals surface area contributed by atoms with E-state index in [2.05, 4.69) is 29.7 Å². The molecule has 4 nitrogen and oxygen atoms in total. The Labute approximate surface area is 166 Å². The van der Waals surface area contributed by atoms with Crippen LogP contribution in [0.3, 0.4) is 0 Å². The van der Waals surface area contributed by atoms with Gasteiger partial charge in [-0.15, -0.1) is 0 Å². The average molecular weight is 374 g/mol. The molecule has 0 aliphatic heterocycles. The molecule has 1 atom stereocenters. The molecule has 0 spiro atoms. The average Bonchev–Trinajstić information content (AvgIpc) is 2.74. The van der Waals surface area contributed by atoms with Crippen LogP contribution in [0.1, 0.15) is 30.5 Å². The molecule has 144 valence electrons. The summed E-state index contributed by atoms with van der Waals surface area (Å²) in [6.07, 6.45) is 1.11. The molecular weight excluding hydrogens is 348 g/mol. The molecule has 0 aromatic heterocycles. The van der Waals surface area contributed by atoms with E-state index in [0.717, 1.165) is 22.7 Å². The van der Waals surface area contributed by atoms with Crippen molar-refractivity contribution in [1.82, 2.24) is 0 Å². The molecule has 0 fully saturated rings. The molecular formula is C24H26N2O2. The van der Waals surface area contributed by atoms with Gasteiger partial charge >= 0.3 is 0 Å². The summed E-state index contributed by atoms with van der Waals surface area (Å²) < 4.78 is 5.22. The first kappa shape index (κ1) is 19.5. The number of benzene rings is 3. The highest BCUT2D eigenvalue weighted by atomic mass is 16.5. The highest BCUT2D eigenvalue weighted by molar-refractivity contribution is 5.91. The van der Waals surface area contributed by atoms with Gasteiger partial charge in [0.25, 0.3) is 0 Å². The third-order valence-corrected chi connectivity index (χ3v) is 4.63. The van der Waals surface area contributed by atoms with Gasteiger partial charge in [0.1, 0.15) is 5.75 Å². The molecule has 4 heteroatoms. The van der Waals surface area contributed by atoms with Gasteiger partial charge in [0.05, 0.1) is 7.11 Å². The number of aryl methyl sites for hydroxylation is 1. The van der Waals surface area contributed by atoms with Gasteiger partial charge in [0.2, 0.25) is 5.91 Å². The summed E-state index contributed by atoms with van der Waals surface area (Å²) >= 11 is 0. The van der Waals surface area contributed by atoms with Crippen LogP contribution in [-0.2, 0) is 11.2 Å².